The third kappa shape index (κ3) is 2.72. The summed E-state index contributed by atoms with van der Waals surface area (Å²) in [6.07, 6.45) is 0.992. The Hall–Kier alpha value is -2.22. The number of carbonyl (C=O) groups excluding carboxylic acids is 1. The number of carbonyl (C=O) groups is 1. The van der Waals surface area contributed by atoms with E-state index in [1.807, 2.05) is 13.8 Å². The van der Waals surface area contributed by atoms with Gasteiger partial charge in [-0.05, 0) is 31.0 Å². The summed E-state index contributed by atoms with van der Waals surface area (Å²) < 4.78 is 0. The first kappa shape index (κ1) is 13.8. The molecule has 1 amide bonds. The topological polar surface area (TPSA) is 93.4 Å². The van der Waals surface area contributed by atoms with E-state index in [0.29, 0.717) is 12.8 Å². The van der Waals surface area contributed by atoms with Crippen LogP contribution >= 0.6 is 0 Å². The second-order valence-electron chi connectivity index (χ2n) is 4.06. The van der Waals surface area contributed by atoms with Gasteiger partial charge < -0.3 is 15.5 Å². The van der Waals surface area contributed by atoms with Crippen LogP contribution in [0.2, 0.25) is 0 Å². The third-order valence-corrected chi connectivity index (χ3v) is 3.01. The van der Waals surface area contributed by atoms with Gasteiger partial charge in [0.25, 0.3) is 5.91 Å². The van der Waals surface area contributed by atoms with Gasteiger partial charge in [-0.15, -0.1) is 0 Å². The summed E-state index contributed by atoms with van der Waals surface area (Å²) in [4.78, 5) is 11.9. The smallest absolute Gasteiger partial charge is 0.252 e. The first-order chi connectivity index (χ1) is 8.48. The molecule has 0 spiro atoms. The second-order valence-corrected chi connectivity index (χ2v) is 4.06. The average molecular weight is 248 g/mol. The summed E-state index contributed by atoms with van der Waals surface area (Å²) in [6, 6.07) is 5.88. The minimum absolute atomic E-state index is 0.201. The lowest BCUT2D eigenvalue weighted by atomic mass is 9.94. The maximum atomic E-state index is 11.9. The molecule has 5 nitrogen and oxygen atoms in total. The zero-order valence-electron chi connectivity index (χ0n) is 10.4. The largest absolute Gasteiger partial charge is 0.504 e. The van der Waals surface area contributed by atoms with Crippen molar-refractivity contribution in [1.82, 2.24) is 5.32 Å². The van der Waals surface area contributed by atoms with E-state index in [4.69, 9.17) is 10.4 Å². The van der Waals surface area contributed by atoms with Crippen molar-refractivity contribution in [3.05, 3.63) is 23.8 Å². The molecule has 0 radical (unpaired) electrons. The summed E-state index contributed by atoms with van der Waals surface area (Å²) in [5, 5.41) is 30.3. The average Bonchev–Trinajstić information content (AvgIpc) is 2.39. The molecule has 18 heavy (non-hydrogen) atoms. The minimum atomic E-state index is -0.898. The Balaban J connectivity index is 2.95. The summed E-state index contributed by atoms with van der Waals surface area (Å²) >= 11 is 0. The molecule has 1 aromatic rings. The number of rotatable bonds is 4. The molecule has 3 N–H and O–H groups in total. The van der Waals surface area contributed by atoms with E-state index >= 15 is 0 Å². The third-order valence-electron chi connectivity index (χ3n) is 3.01. The van der Waals surface area contributed by atoms with Crippen molar-refractivity contribution in [2.75, 3.05) is 0 Å². The van der Waals surface area contributed by atoms with E-state index in [0.717, 1.165) is 6.07 Å². The van der Waals surface area contributed by atoms with Crippen molar-refractivity contribution in [3.8, 4) is 17.6 Å². The van der Waals surface area contributed by atoms with Gasteiger partial charge in [0.1, 0.15) is 5.54 Å². The van der Waals surface area contributed by atoms with Crippen LogP contribution in [-0.4, -0.2) is 21.7 Å². The van der Waals surface area contributed by atoms with Crippen LogP contribution in [0.3, 0.4) is 0 Å². The Kier molecular flexibility index (Phi) is 4.16. The predicted octanol–water partition coefficient (Wildman–Crippen LogP) is 1.91. The molecular weight excluding hydrogens is 232 g/mol. The van der Waals surface area contributed by atoms with Gasteiger partial charge in [0.05, 0.1) is 6.07 Å². The van der Waals surface area contributed by atoms with Crippen LogP contribution in [0.5, 0.6) is 11.5 Å². The van der Waals surface area contributed by atoms with E-state index in [9.17, 15) is 9.90 Å². The van der Waals surface area contributed by atoms with Crippen molar-refractivity contribution < 1.29 is 15.0 Å². The Morgan fingerprint density at radius 2 is 1.94 bits per heavy atom. The maximum absolute atomic E-state index is 11.9. The second kappa shape index (κ2) is 5.41. The number of hydrogen-bond acceptors (Lipinski definition) is 4. The standard InChI is InChI=1S/C13H16N2O3/c1-3-13(4-2,8-14)15-12(18)9-5-6-10(16)11(17)7-9/h5-7,16-17H,3-4H2,1-2H3,(H,15,18). The fourth-order valence-corrected chi connectivity index (χ4v) is 1.57. The molecule has 1 aromatic carbocycles. The number of nitriles is 1. The number of nitrogens with zero attached hydrogens (tertiary/aromatic N) is 1. The number of amides is 1. The summed E-state index contributed by atoms with van der Waals surface area (Å²) in [5.74, 6) is -1.10. The highest BCUT2D eigenvalue weighted by molar-refractivity contribution is 5.95. The van der Waals surface area contributed by atoms with E-state index in [1.165, 1.54) is 12.1 Å². The zero-order chi connectivity index (χ0) is 13.8. The van der Waals surface area contributed by atoms with Gasteiger partial charge in [-0.1, -0.05) is 13.8 Å². The van der Waals surface area contributed by atoms with Gasteiger partial charge in [0.15, 0.2) is 11.5 Å². The Morgan fingerprint density at radius 1 is 1.33 bits per heavy atom. The zero-order valence-corrected chi connectivity index (χ0v) is 10.4. The molecule has 0 aromatic heterocycles. The van der Waals surface area contributed by atoms with Crippen LogP contribution < -0.4 is 5.32 Å². The molecule has 0 aliphatic rings. The summed E-state index contributed by atoms with van der Waals surface area (Å²) in [7, 11) is 0. The number of phenols is 2. The number of phenolic OH excluding ortho intramolecular Hbond substituents is 2. The van der Waals surface area contributed by atoms with E-state index < -0.39 is 11.4 Å². The molecule has 96 valence electrons. The molecule has 0 saturated heterocycles. The molecule has 0 aliphatic heterocycles. The molecule has 1 rings (SSSR count). The van der Waals surface area contributed by atoms with Gasteiger partial charge in [-0.25, -0.2) is 0 Å². The number of nitrogens with one attached hydrogen (secondary N) is 1. The van der Waals surface area contributed by atoms with Crippen LogP contribution in [-0.2, 0) is 0 Å². The van der Waals surface area contributed by atoms with Crippen LogP contribution in [0.15, 0.2) is 18.2 Å². The molecule has 0 atom stereocenters. The van der Waals surface area contributed by atoms with Gasteiger partial charge in [0.2, 0.25) is 0 Å². The maximum Gasteiger partial charge on any atom is 0.252 e. The Morgan fingerprint density at radius 3 is 2.39 bits per heavy atom. The van der Waals surface area contributed by atoms with E-state index in [1.54, 1.807) is 0 Å². The first-order valence-electron chi connectivity index (χ1n) is 5.73. The molecule has 5 heteroatoms. The van der Waals surface area contributed by atoms with Crippen LogP contribution in [0.4, 0.5) is 0 Å². The normalized spacial score (nSPS) is 10.7. The fourth-order valence-electron chi connectivity index (χ4n) is 1.57. The monoisotopic (exact) mass is 248 g/mol. The first-order valence-corrected chi connectivity index (χ1v) is 5.73. The minimum Gasteiger partial charge on any atom is -0.504 e. The van der Waals surface area contributed by atoms with Gasteiger partial charge in [-0.2, -0.15) is 5.26 Å². The van der Waals surface area contributed by atoms with Gasteiger partial charge in [0, 0.05) is 5.56 Å². The lowest BCUT2D eigenvalue weighted by Gasteiger charge is -2.24. The Labute approximate surface area is 106 Å². The highest BCUT2D eigenvalue weighted by atomic mass is 16.3. The van der Waals surface area contributed by atoms with Crippen LogP contribution in [0.1, 0.15) is 37.0 Å². The summed E-state index contributed by atoms with van der Waals surface area (Å²) in [5.41, 5.74) is -0.697. The molecule has 0 unspecified atom stereocenters. The van der Waals surface area contributed by atoms with E-state index in [-0.39, 0.29) is 17.1 Å². The molecule has 0 heterocycles. The van der Waals surface area contributed by atoms with Crippen molar-refractivity contribution in [2.45, 2.75) is 32.2 Å². The fraction of sp³-hybridized carbons (Fsp3) is 0.385. The van der Waals surface area contributed by atoms with Gasteiger partial charge in [-0.3, -0.25) is 4.79 Å². The quantitative estimate of drug-likeness (QED) is 0.709. The molecule has 0 bridgehead atoms. The molecule has 0 aliphatic carbocycles. The highest BCUT2D eigenvalue weighted by Gasteiger charge is 2.28. The van der Waals surface area contributed by atoms with E-state index in [2.05, 4.69) is 11.4 Å². The van der Waals surface area contributed by atoms with Crippen molar-refractivity contribution >= 4 is 5.91 Å². The summed E-state index contributed by atoms with van der Waals surface area (Å²) in [6.45, 7) is 3.64. The van der Waals surface area contributed by atoms with Crippen molar-refractivity contribution in [1.29, 1.82) is 5.26 Å². The highest BCUT2D eigenvalue weighted by Crippen LogP contribution is 2.25. The van der Waals surface area contributed by atoms with Crippen LogP contribution in [0, 0.1) is 11.3 Å². The van der Waals surface area contributed by atoms with Crippen molar-refractivity contribution in [3.63, 3.8) is 0 Å². The molecule has 0 saturated carbocycles. The number of benzene rings is 1. The van der Waals surface area contributed by atoms with Gasteiger partial charge >= 0.3 is 0 Å². The Bertz CT molecular complexity index is 487. The lowest BCUT2D eigenvalue weighted by Crippen LogP contribution is -2.46. The number of aromatic hydroxyl groups is 2. The molecular formula is C13H16N2O3. The van der Waals surface area contributed by atoms with Crippen LogP contribution in [0.25, 0.3) is 0 Å². The SMILES string of the molecule is CCC(C#N)(CC)NC(=O)c1ccc(O)c(O)c1. The molecule has 0 fully saturated rings. The lowest BCUT2D eigenvalue weighted by molar-refractivity contribution is 0.0915. The van der Waals surface area contributed by atoms with Crippen molar-refractivity contribution in [2.24, 2.45) is 0 Å². The predicted molar refractivity (Wildman–Crippen MR) is 66.2 cm³/mol. The number of hydrogen-bond donors (Lipinski definition) is 3.